The lowest BCUT2D eigenvalue weighted by molar-refractivity contribution is 0.677. The van der Waals surface area contributed by atoms with Crippen molar-refractivity contribution in [3.8, 4) is 0 Å². The van der Waals surface area contributed by atoms with Crippen molar-refractivity contribution in [1.82, 2.24) is 9.55 Å². The van der Waals surface area contributed by atoms with Crippen molar-refractivity contribution in [1.29, 1.82) is 0 Å². The second kappa shape index (κ2) is 7.23. The Balaban J connectivity index is 1.65. The molecule has 0 N–H and O–H groups in total. The zero-order valence-corrected chi connectivity index (χ0v) is 14.0. The van der Waals surface area contributed by atoms with Gasteiger partial charge in [0.1, 0.15) is 0 Å². The van der Waals surface area contributed by atoms with E-state index in [0.29, 0.717) is 6.54 Å². The minimum absolute atomic E-state index is 0.0659. The van der Waals surface area contributed by atoms with E-state index in [2.05, 4.69) is 29.2 Å². The Hall–Kier alpha value is -1.42. The van der Waals surface area contributed by atoms with Crippen LogP contribution in [0.4, 0.5) is 0 Å². The van der Waals surface area contributed by atoms with Crippen molar-refractivity contribution in [3.05, 3.63) is 77.8 Å². The molecule has 0 saturated heterocycles. The Kier molecular flexibility index (Phi) is 5.08. The minimum atomic E-state index is -0.0659. The molecule has 1 atom stereocenters. The molecule has 0 bridgehead atoms. The van der Waals surface area contributed by atoms with Crippen LogP contribution in [-0.2, 0) is 6.54 Å². The lowest BCUT2D eigenvalue weighted by Crippen LogP contribution is -2.02. The summed E-state index contributed by atoms with van der Waals surface area (Å²) in [5.41, 5.74) is 1.11. The molecule has 0 aliphatic heterocycles. The number of aromatic nitrogens is 2. The second-order valence-corrected chi connectivity index (χ2v) is 6.96. The molecule has 1 aromatic heterocycles. The predicted octanol–water partition coefficient (Wildman–Crippen LogP) is 5.67. The van der Waals surface area contributed by atoms with Gasteiger partial charge in [0.15, 0.2) is 0 Å². The zero-order valence-electron chi connectivity index (χ0n) is 11.7. The minimum Gasteiger partial charge on any atom is -0.336 e. The molecular weight excluding hydrogens is 335 g/mol. The monoisotopic (exact) mass is 348 g/mol. The van der Waals surface area contributed by atoms with Crippen LogP contribution in [0.25, 0.3) is 0 Å². The Morgan fingerprint density at radius 3 is 2.23 bits per heavy atom. The fraction of sp³-hybridized carbons (Fsp3) is 0.118. The number of imidazole rings is 1. The molecule has 0 spiro atoms. The SMILES string of the molecule is Clc1ccc(Sc2ccc(C(Cl)Cn3ccnc3)cc2)cc1. The van der Waals surface area contributed by atoms with Crippen molar-refractivity contribution in [3.63, 3.8) is 0 Å². The molecular formula is C17H14Cl2N2S. The average Bonchev–Trinajstić information content (AvgIpc) is 3.03. The van der Waals surface area contributed by atoms with Gasteiger partial charge in [-0.3, -0.25) is 0 Å². The van der Waals surface area contributed by atoms with Crippen molar-refractivity contribution in [2.24, 2.45) is 0 Å². The van der Waals surface area contributed by atoms with E-state index in [1.807, 2.05) is 35.0 Å². The largest absolute Gasteiger partial charge is 0.336 e. The summed E-state index contributed by atoms with van der Waals surface area (Å²) in [6.45, 7) is 0.714. The van der Waals surface area contributed by atoms with E-state index >= 15 is 0 Å². The van der Waals surface area contributed by atoms with Gasteiger partial charge in [-0.15, -0.1) is 11.6 Å². The summed E-state index contributed by atoms with van der Waals surface area (Å²) in [6, 6.07) is 16.2. The van der Waals surface area contributed by atoms with Gasteiger partial charge in [-0.05, 0) is 42.0 Å². The van der Waals surface area contributed by atoms with Gasteiger partial charge < -0.3 is 4.57 Å². The number of rotatable bonds is 5. The van der Waals surface area contributed by atoms with Gasteiger partial charge in [0.25, 0.3) is 0 Å². The molecule has 3 aromatic rings. The van der Waals surface area contributed by atoms with E-state index in [9.17, 15) is 0 Å². The molecule has 2 nitrogen and oxygen atoms in total. The summed E-state index contributed by atoms with van der Waals surface area (Å²) in [6.07, 6.45) is 5.45. The van der Waals surface area contributed by atoms with Crippen molar-refractivity contribution in [2.75, 3.05) is 0 Å². The highest BCUT2D eigenvalue weighted by Gasteiger charge is 2.08. The summed E-state index contributed by atoms with van der Waals surface area (Å²) in [7, 11) is 0. The summed E-state index contributed by atoms with van der Waals surface area (Å²) in [5.74, 6) is 0. The van der Waals surface area contributed by atoms with Crippen LogP contribution >= 0.6 is 35.0 Å². The maximum absolute atomic E-state index is 6.46. The van der Waals surface area contributed by atoms with E-state index in [1.54, 1.807) is 24.3 Å². The maximum atomic E-state index is 6.46. The molecule has 2 aromatic carbocycles. The number of hydrogen-bond donors (Lipinski definition) is 0. The molecule has 0 saturated carbocycles. The first kappa shape index (κ1) is 15.5. The standard InChI is InChI=1S/C17H14Cl2N2S/c18-14-3-7-16(8-4-14)22-15-5-1-13(2-6-15)17(19)11-21-10-9-20-12-21/h1-10,12,17H,11H2. The maximum Gasteiger partial charge on any atom is 0.0946 e. The topological polar surface area (TPSA) is 17.8 Å². The lowest BCUT2D eigenvalue weighted by atomic mass is 10.1. The molecule has 0 aliphatic carbocycles. The van der Waals surface area contributed by atoms with E-state index in [0.717, 1.165) is 15.5 Å². The van der Waals surface area contributed by atoms with Crippen LogP contribution in [0.5, 0.6) is 0 Å². The van der Waals surface area contributed by atoms with Crippen molar-refractivity contribution < 1.29 is 0 Å². The predicted molar refractivity (Wildman–Crippen MR) is 92.8 cm³/mol. The van der Waals surface area contributed by atoms with Crippen LogP contribution in [0.15, 0.2) is 77.0 Å². The Labute approximate surface area is 144 Å². The van der Waals surface area contributed by atoms with Crippen LogP contribution in [0.3, 0.4) is 0 Å². The van der Waals surface area contributed by atoms with Crippen molar-refractivity contribution in [2.45, 2.75) is 21.7 Å². The van der Waals surface area contributed by atoms with Gasteiger partial charge in [-0.1, -0.05) is 35.5 Å². The fourth-order valence-electron chi connectivity index (χ4n) is 2.07. The van der Waals surface area contributed by atoms with Crippen LogP contribution in [0.1, 0.15) is 10.9 Å². The molecule has 112 valence electrons. The van der Waals surface area contributed by atoms with E-state index in [4.69, 9.17) is 23.2 Å². The Morgan fingerprint density at radius 1 is 1.00 bits per heavy atom. The highest BCUT2D eigenvalue weighted by molar-refractivity contribution is 7.99. The summed E-state index contributed by atoms with van der Waals surface area (Å²) in [4.78, 5) is 6.37. The molecule has 22 heavy (non-hydrogen) atoms. The molecule has 0 fully saturated rings. The molecule has 3 rings (SSSR count). The molecule has 5 heteroatoms. The number of halogens is 2. The zero-order chi connectivity index (χ0) is 15.4. The second-order valence-electron chi connectivity index (χ2n) is 4.85. The lowest BCUT2D eigenvalue weighted by Gasteiger charge is -2.11. The number of benzene rings is 2. The summed E-state index contributed by atoms with van der Waals surface area (Å²) < 4.78 is 1.98. The van der Waals surface area contributed by atoms with Crippen molar-refractivity contribution >= 4 is 35.0 Å². The third kappa shape index (κ3) is 4.07. The smallest absolute Gasteiger partial charge is 0.0946 e. The average molecular weight is 349 g/mol. The van der Waals surface area contributed by atoms with Crippen LogP contribution in [0, 0.1) is 0 Å². The van der Waals surface area contributed by atoms with Gasteiger partial charge in [0.05, 0.1) is 11.7 Å². The van der Waals surface area contributed by atoms with Crippen LogP contribution < -0.4 is 0 Å². The first-order valence-electron chi connectivity index (χ1n) is 6.84. The molecule has 0 amide bonds. The Bertz CT molecular complexity index is 709. The highest BCUT2D eigenvalue weighted by Crippen LogP contribution is 2.30. The fourth-order valence-corrected chi connectivity index (χ4v) is 3.32. The van der Waals surface area contributed by atoms with Gasteiger partial charge in [0, 0.05) is 33.8 Å². The third-order valence-electron chi connectivity index (χ3n) is 3.22. The molecule has 0 aliphatic rings. The van der Waals surface area contributed by atoms with Crippen LogP contribution in [0.2, 0.25) is 5.02 Å². The summed E-state index contributed by atoms with van der Waals surface area (Å²) in [5, 5.41) is 0.688. The number of hydrogen-bond acceptors (Lipinski definition) is 2. The van der Waals surface area contributed by atoms with Gasteiger partial charge >= 0.3 is 0 Å². The Morgan fingerprint density at radius 2 is 1.64 bits per heavy atom. The van der Waals surface area contributed by atoms with E-state index in [1.165, 1.54) is 4.90 Å². The van der Waals surface area contributed by atoms with E-state index < -0.39 is 0 Å². The van der Waals surface area contributed by atoms with Crippen LogP contribution in [-0.4, -0.2) is 9.55 Å². The van der Waals surface area contributed by atoms with Gasteiger partial charge in [0.2, 0.25) is 0 Å². The number of alkyl halides is 1. The van der Waals surface area contributed by atoms with Gasteiger partial charge in [-0.2, -0.15) is 0 Å². The third-order valence-corrected chi connectivity index (χ3v) is 4.88. The summed E-state index contributed by atoms with van der Waals surface area (Å²) >= 11 is 14.1. The normalized spacial score (nSPS) is 12.3. The first-order valence-corrected chi connectivity index (χ1v) is 8.47. The number of nitrogens with zero attached hydrogens (tertiary/aromatic N) is 2. The van der Waals surface area contributed by atoms with Gasteiger partial charge in [-0.25, -0.2) is 4.98 Å². The molecule has 0 radical (unpaired) electrons. The quantitative estimate of drug-likeness (QED) is 0.553. The first-order chi connectivity index (χ1) is 10.7. The highest BCUT2D eigenvalue weighted by atomic mass is 35.5. The molecule has 1 unspecified atom stereocenters. The van der Waals surface area contributed by atoms with E-state index in [-0.39, 0.29) is 5.38 Å². The molecule has 1 heterocycles.